The average Bonchev–Trinajstić information content (AvgIpc) is 2.85. The number of pyridine rings is 1. The van der Waals surface area contributed by atoms with Crippen molar-refractivity contribution in [2.45, 2.75) is 31.2 Å². The summed E-state index contributed by atoms with van der Waals surface area (Å²) >= 11 is 0. The molecule has 0 atom stereocenters. The molecule has 0 bridgehead atoms. The van der Waals surface area contributed by atoms with Crippen molar-refractivity contribution >= 4 is 27.4 Å². The number of rotatable bonds is 7. The second-order valence-electron chi connectivity index (χ2n) is 8.52. The second kappa shape index (κ2) is 10.2. The molecule has 3 aromatic rings. The number of anilines is 2. The van der Waals surface area contributed by atoms with Crippen molar-refractivity contribution in [2.75, 3.05) is 22.7 Å². The number of carbonyl (C=O) groups excluding carboxylic acids is 1. The Morgan fingerprint density at radius 3 is 2.50 bits per heavy atom. The van der Waals surface area contributed by atoms with Crippen LogP contribution in [-0.2, 0) is 16.6 Å². The topological polar surface area (TPSA) is 91.4 Å². The van der Waals surface area contributed by atoms with E-state index in [4.69, 9.17) is 0 Å². The third kappa shape index (κ3) is 5.91. The number of aromatic nitrogens is 1. The fraction of sp³-hybridized carbons (Fsp3) is 0.280. The summed E-state index contributed by atoms with van der Waals surface area (Å²) < 4.78 is 40.8. The number of benzene rings is 2. The second-order valence-corrected chi connectivity index (χ2v) is 10.2. The van der Waals surface area contributed by atoms with Gasteiger partial charge in [-0.1, -0.05) is 19.1 Å². The Balaban J connectivity index is 1.37. The predicted molar refractivity (Wildman–Crippen MR) is 130 cm³/mol. The van der Waals surface area contributed by atoms with E-state index < -0.39 is 21.7 Å². The molecule has 0 saturated carbocycles. The molecular weight excluding hydrogens is 455 g/mol. The van der Waals surface area contributed by atoms with Crippen molar-refractivity contribution < 1.29 is 17.6 Å². The molecule has 1 saturated heterocycles. The number of sulfonamides is 1. The van der Waals surface area contributed by atoms with Crippen LogP contribution >= 0.6 is 0 Å². The number of nitrogens with zero attached hydrogens (tertiary/aromatic N) is 2. The fourth-order valence-electron chi connectivity index (χ4n) is 3.77. The van der Waals surface area contributed by atoms with Crippen molar-refractivity contribution in [2.24, 2.45) is 5.92 Å². The van der Waals surface area contributed by atoms with Crippen LogP contribution in [0.5, 0.6) is 0 Å². The molecule has 1 fully saturated rings. The first-order valence-corrected chi connectivity index (χ1v) is 12.6. The Labute approximate surface area is 199 Å². The van der Waals surface area contributed by atoms with Gasteiger partial charge in [0.15, 0.2) is 0 Å². The maximum absolute atomic E-state index is 13.1. The SMILES string of the molecule is CC1CCN(c2ccc(CNC(=O)c3cccc(S(=O)(=O)Nc4ccc(F)cc4)c3)cn2)CC1. The molecule has 7 nitrogen and oxygen atoms in total. The highest BCUT2D eigenvalue weighted by Crippen LogP contribution is 2.21. The van der Waals surface area contributed by atoms with Gasteiger partial charge in [-0.25, -0.2) is 17.8 Å². The molecule has 9 heteroatoms. The van der Waals surface area contributed by atoms with E-state index in [1.165, 1.54) is 30.3 Å². The molecule has 4 rings (SSSR count). The molecule has 0 unspecified atom stereocenters. The highest BCUT2D eigenvalue weighted by atomic mass is 32.2. The highest BCUT2D eigenvalue weighted by molar-refractivity contribution is 7.92. The number of hydrogen-bond acceptors (Lipinski definition) is 5. The Hall–Kier alpha value is -3.46. The lowest BCUT2D eigenvalue weighted by Crippen LogP contribution is -2.33. The molecule has 2 heterocycles. The van der Waals surface area contributed by atoms with Crippen molar-refractivity contribution in [3.8, 4) is 0 Å². The van der Waals surface area contributed by atoms with Gasteiger partial charge in [-0.3, -0.25) is 9.52 Å². The van der Waals surface area contributed by atoms with Gasteiger partial charge >= 0.3 is 0 Å². The van der Waals surface area contributed by atoms with E-state index in [2.05, 4.69) is 26.8 Å². The molecule has 1 aromatic heterocycles. The lowest BCUT2D eigenvalue weighted by Gasteiger charge is -2.31. The van der Waals surface area contributed by atoms with Gasteiger partial charge in [0.25, 0.3) is 15.9 Å². The smallest absolute Gasteiger partial charge is 0.261 e. The Morgan fingerprint density at radius 1 is 1.09 bits per heavy atom. The van der Waals surface area contributed by atoms with Crippen LogP contribution < -0.4 is 14.9 Å². The van der Waals surface area contributed by atoms with Crippen molar-refractivity contribution in [3.63, 3.8) is 0 Å². The van der Waals surface area contributed by atoms with Crippen LogP contribution in [0.1, 0.15) is 35.7 Å². The lowest BCUT2D eigenvalue weighted by atomic mass is 9.99. The minimum Gasteiger partial charge on any atom is -0.357 e. The number of carbonyl (C=O) groups is 1. The van der Waals surface area contributed by atoms with Crippen LogP contribution in [-0.4, -0.2) is 32.4 Å². The van der Waals surface area contributed by atoms with E-state index in [0.29, 0.717) is 0 Å². The predicted octanol–water partition coefficient (Wildman–Crippen LogP) is 4.19. The Morgan fingerprint density at radius 2 is 1.82 bits per heavy atom. The van der Waals surface area contributed by atoms with Crippen molar-refractivity contribution in [1.82, 2.24) is 10.3 Å². The minimum absolute atomic E-state index is 0.0636. The monoisotopic (exact) mass is 482 g/mol. The Kier molecular flexibility index (Phi) is 7.12. The molecule has 34 heavy (non-hydrogen) atoms. The van der Waals surface area contributed by atoms with E-state index in [1.54, 1.807) is 12.3 Å². The fourth-order valence-corrected chi connectivity index (χ4v) is 4.87. The maximum Gasteiger partial charge on any atom is 0.261 e. The van der Waals surface area contributed by atoms with Crippen LogP contribution in [0.15, 0.2) is 71.8 Å². The lowest BCUT2D eigenvalue weighted by molar-refractivity contribution is 0.0950. The third-order valence-electron chi connectivity index (χ3n) is 5.87. The molecule has 0 spiro atoms. The van der Waals surface area contributed by atoms with Gasteiger partial charge in [0.05, 0.1) is 4.90 Å². The van der Waals surface area contributed by atoms with Crippen LogP contribution in [0, 0.1) is 11.7 Å². The summed E-state index contributed by atoms with van der Waals surface area (Å²) in [5.41, 5.74) is 1.30. The molecule has 2 N–H and O–H groups in total. The van der Waals surface area contributed by atoms with Crippen LogP contribution in [0.2, 0.25) is 0 Å². The normalized spacial score (nSPS) is 14.6. The summed E-state index contributed by atoms with van der Waals surface area (Å²) in [7, 11) is -3.94. The molecule has 2 aromatic carbocycles. The largest absolute Gasteiger partial charge is 0.357 e. The highest BCUT2D eigenvalue weighted by Gasteiger charge is 2.18. The summed E-state index contributed by atoms with van der Waals surface area (Å²) in [6.45, 7) is 4.54. The summed E-state index contributed by atoms with van der Waals surface area (Å²) in [5.74, 6) is 0.826. The zero-order valence-electron chi connectivity index (χ0n) is 18.9. The summed E-state index contributed by atoms with van der Waals surface area (Å²) in [6, 6.07) is 14.6. The molecule has 1 amide bonds. The number of nitrogens with one attached hydrogen (secondary N) is 2. The van der Waals surface area contributed by atoms with E-state index in [-0.39, 0.29) is 22.7 Å². The van der Waals surface area contributed by atoms with Gasteiger partial charge in [-0.05, 0) is 72.9 Å². The molecule has 1 aliphatic heterocycles. The zero-order chi connectivity index (χ0) is 24.1. The summed E-state index contributed by atoms with van der Waals surface area (Å²) in [6.07, 6.45) is 4.07. The van der Waals surface area contributed by atoms with Crippen LogP contribution in [0.4, 0.5) is 15.9 Å². The van der Waals surface area contributed by atoms with E-state index >= 15 is 0 Å². The van der Waals surface area contributed by atoms with E-state index in [9.17, 15) is 17.6 Å². The molecule has 0 radical (unpaired) electrons. The van der Waals surface area contributed by atoms with Gasteiger partial charge in [-0.2, -0.15) is 0 Å². The quantitative estimate of drug-likeness (QED) is 0.527. The minimum atomic E-state index is -3.94. The number of piperidine rings is 1. The standard InChI is InChI=1S/C25H27FN4O3S/c1-18-11-13-30(14-12-18)24-10-5-19(16-27-24)17-28-25(31)20-3-2-4-23(15-20)34(32,33)29-22-8-6-21(26)7-9-22/h2-10,15-16,18,29H,11-14,17H2,1H3,(H,28,31). The third-order valence-corrected chi connectivity index (χ3v) is 7.25. The van der Waals surface area contributed by atoms with E-state index in [1.807, 2.05) is 12.1 Å². The first-order valence-electron chi connectivity index (χ1n) is 11.2. The van der Waals surface area contributed by atoms with Gasteiger partial charge in [0, 0.05) is 37.1 Å². The molecule has 0 aliphatic carbocycles. The first kappa shape index (κ1) is 23.7. The van der Waals surface area contributed by atoms with Gasteiger partial charge in [0.1, 0.15) is 11.6 Å². The maximum atomic E-state index is 13.1. The van der Waals surface area contributed by atoms with Crippen molar-refractivity contribution in [1.29, 1.82) is 0 Å². The van der Waals surface area contributed by atoms with Gasteiger partial charge in [-0.15, -0.1) is 0 Å². The number of halogens is 1. The van der Waals surface area contributed by atoms with Gasteiger partial charge in [0.2, 0.25) is 0 Å². The van der Waals surface area contributed by atoms with E-state index in [0.717, 1.165) is 55.4 Å². The number of amides is 1. The zero-order valence-corrected chi connectivity index (χ0v) is 19.7. The summed E-state index contributed by atoms with van der Waals surface area (Å²) in [5, 5.41) is 2.81. The van der Waals surface area contributed by atoms with Crippen molar-refractivity contribution in [3.05, 3.63) is 83.8 Å². The first-order chi connectivity index (χ1) is 16.3. The Bertz CT molecular complexity index is 1240. The van der Waals surface area contributed by atoms with Crippen LogP contribution in [0.3, 0.4) is 0 Å². The average molecular weight is 483 g/mol. The van der Waals surface area contributed by atoms with Gasteiger partial charge < -0.3 is 10.2 Å². The molecule has 178 valence electrons. The molecular formula is C25H27FN4O3S. The molecule has 1 aliphatic rings. The van der Waals surface area contributed by atoms with Crippen LogP contribution in [0.25, 0.3) is 0 Å². The summed E-state index contributed by atoms with van der Waals surface area (Å²) in [4.78, 5) is 19.4. The number of hydrogen-bond donors (Lipinski definition) is 2.